The second kappa shape index (κ2) is 37.7. The number of carboxylic acid groups (broad SMARTS) is 5. The summed E-state index contributed by atoms with van der Waals surface area (Å²) in [5.41, 5.74) is 3.10. The highest BCUT2D eigenvalue weighted by Crippen LogP contribution is 2.16. The van der Waals surface area contributed by atoms with Gasteiger partial charge in [-0.1, -0.05) is 60.7 Å². The smallest absolute Gasteiger partial charge is 0.354 e. The van der Waals surface area contributed by atoms with Crippen LogP contribution in [0.5, 0.6) is 0 Å². The van der Waals surface area contributed by atoms with Crippen LogP contribution in [0.1, 0.15) is 92.4 Å². The Labute approximate surface area is 501 Å². The molecule has 0 radical (unpaired) electrons. The zero-order valence-corrected chi connectivity index (χ0v) is 48.2. The lowest BCUT2D eigenvalue weighted by molar-refractivity contribution is -0.141. The van der Waals surface area contributed by atoms with E-state index in [2.05, 4.69) is 46.8 Å². The molecule has 11 N–H and O–H groups in total. The number of anilines is 1. The number of aliphatic carboxylic acids is 3. The highest BCUT2D eigenvalue weighted by Gasteiger charge is 2.26. The third-order valence-electron chi connectivity index (χ3n) is 12.9. The van der Waals surface area contributed by atoms with Crippen molar-refractivity contribution in [1.82, 2.24) is 46.4 Å². The number of pyridine rings is 2. The number of amides is 4. The second-order valence-electron chi connectivity index (χ2n) is 19.6. The highest BCUT2D eigenvalue weighted by atomic mass is 32.1. The molecule has 1 fully saturated rings. The molecule has 27 nitrogen and oxygen atoms in total. The van der Waals surface area contributed by atoms with Gasteiger partial charge in [0.05, 0.1) is 64.2 Å². The minimum Gasteiger partial charge on any atom is -0.481 e. The third kappa shape index (κ3) is 26.6. The number of carbonyl (C=O) groups is 8. The van der Waals surface area contributed by atoms with Gasteiger partial charge in [0.1, 0.15) is 23.8 Å². The van der Waals surface area contributed by atoms with E-state index in [9.17, 15) is 58.8 Å². The predicted molar refractivity (Wildman–Crippen MR) is 315 cm³/mol. The first kappa shape index (κ1) is 68.3. The number of aromatic carboxylic acids is 2. The SMILES string of the molecule is O=C(O)CC[C@H](NC(=O)N[C@@H](CCCCNC(=O)[C@@H](C/C=C/c1ccccc1)NC(=O)c1ccc(CNC(=S)Nc2cc(CN3CCOCCOCCN(Cc4cccc(C(=O)O)n4)CCOCCOCC3)nc(C(=O)O)c2)cc1)C(=O)O)C(=O)O. The predicted octanol–water partition coefficient (Wildman–Crippen LogP) is 3.30. The summed E-state index contributed by atoms with van der Waals surface area (Å²) >= 11 is 5.60. The van der Waals surface area contributed by atoms with Gasteiger partial charge in [-0.2, -0.15) is 0 Å². The number of hydrogen-bond donors (Lipinski definition) is 11. The number of carbonyl (C=O) groups excluding carboxylic acids is 3. The Kier molecular flexibility index (Phi) is 29.9. The average molecular weight is 1220 g/mol. The van der Waals surface area contributed by atoms with Crippen LogP contribution in [0, 0.1) is 0 Å². The van der Waals surface area contributed by atoms with Gasteiger partial charge in [0, 0.05) is 70.0 Å². The Bertz CT molecular complexity index is 2880. The van der Waals surface area contributed by atoms with Gasteiger partial charge >= 0.3 is 35.9 Å². The maximum atomic E-state index is 13.6. The van der Waals surface area contributed by atoms with Crippen LogP contribution in [0.25, 0.3) is 6.08 Å². The molecule has 2 aromatic carbocycles. The molecule has 1 saturated heterocycles. The van der Waals surface area contributed by atoms with Crippen molar-refractivity contribution in [3.05, 3.63) is 130 Å². The minimum atomic E-state index is -1.55. The van der Waals surface area contributed by atoms with Gasteiger partial charge in [-0.3, -0.25) is 24.2 Å². The van der Waals surface area contributed by atoms with E-state index in [0.29, 0.717) is 103 Å². The first-order valence-corrected chi connectivity index (χ1v) is 28.2. The quantitative estimate of drug-likeness (QED) is 0.0301. The Hall–Kier alpha value is -8.51. The van der Waals surface area contributed by atoms with Crippen LogP contribution in [0.15, 0.2) is 91.0 Å². The van der Waals surface area contributed by atoms with E-state index in [1.54, 1.807) is 48.5 Å². The van der Waals surface area contributed by atoms with Crippen molar-refractivity contribution in [3.8, 4) is 0 Å². The normalized spacial score (nSPS) is 15.3. The number of aromatic nitrogens is 2. The van der Waals surface area contributed by atoms with Gasteiger partial charge in [0.15, 0.2) is 10.8 Å². The van der Waals surface area contributed by atoms with E-state index in [0.717, 1.165) is 11.1 Å². The van der Waals surface area contributed by atoms with Crippen molar-refractivity contribution in [2.24, 2.45) is 0 Å². The lowest BCUT2D eigenvalue weighted by Crippen LogP contribution is -2.51. The van der Waals surface area contributed by atoms with Gasteiger partial charge < -0.3 is 76.4 Å². The first-order chi connectivity index (χ1) is 41.4. The van der Waals surface area contributed by atoms with E-state index in [4.69, 9.17) is 36.3 Å². The van der Waals surface area contributed by atoms with E-state index in [1.807, 2.05) is 41.3 Å². The van der Waals surface area contributed by atoms with Gasteiger partial charge in [-0.25, -0.2) is 33.9 Å². The number of benzene rings is 2. The zero-order valence-electron chi connectivity index (χ0n) is 47.4. The largest absolute Gasteiger partial charge is 0.481 e. The van der Waals surface area contributed by atoms with Crippen LogP contribution in [0.2, 0.25) is 0 Å². The standard InChI is InChI=1S/C58H74N10O17S/c69-50(70)20-19-48(55(77)78)66-57(81)65-47(54(75)76)12-4-5-21-59-52(72)45(13-6-10-39-8-2-1-3-9-39)64-51(71)41-17-15-40(16-18-41)36-60-58(86)63-43-34-44(62-49(35-43)56(79)80)38-68-24-28-84-32-30-82-26-22-67(23-27-83-31-33-85-29-25-68)37-42-11-7-14-46(61-42)53(73)74/h1-3,6-11,14-18,34-35,45,47-48H,4-5,12-13,19-33,36-38H2,(H,59,72)(H,64,71)(H,69,70)(H,73,74)(H,75,76)(H,77,78)(H,79,80)(H2,65,66,81)(H2,60,62,63,86)/b10-6+/t45-,47+,48+/m1/s1. The molecule has 0 aliphatic carbocycles. The molecular formula is C58H74N10O17S. The summed E-state index contributed by atoms with van der Waals surface area (Å²) in [7, 11) is 0. The Balaban J connectivity index is 1.10. The van der Waals surface area contributed by atoms with E-state index in [-0.39, 0.29) is 67.4 Å². The third-order valence-corrected chi connectivity index (χ3v) is 13.2. The molecule has 86 heavy (non-hydrogen) atoms. The molecule has 5 rings (SSSR count). The highest BCUT2D eigenvalue weighted by molar-refractivity contribution is 7.80. The molecule has 0 spiro atoms. The van der Waals surface area contributed by atoms with Crippen LogP contribution in [0.3, 0.4) is 0 Å². The number of urea groups is 1. The molecule has 1 aliphatic rings. The number of rotatable bonds is 27. The average Bonchev–Trinajstić information content (AvgIpc) is 3.65. The van der Waals surface area contributed by atoms with Crippen LogP contribution in [0.4, 0.5) is 10.5 Å². The summed E-state index contributed by atoms with van der Waals surface area (Å²) in [4.78, 5) is 110. The minimum absolute atomic E-state index is 0.0234. The Morgan fingerprint density at radius 1 is 0.593 bits per heavy atom. The monoisotopic (exact) mass is 1210 g/mol. The van der Waals surface area contributed by atoms with Crippen molar-refractivity contribution in [1.29, 1.82) is 0 Å². The molecule has 3 atom stereocenters. The van der Waals surface area contributed by atoms with Crippen LogP contribution in [-0.2, 0) is 57.8 Å². The molecule has 4 aromatic rings. The van der Waals surface area contributed by atoms with E-state index >= 15 is 0 Å². The molecule has 4 amide bonds. The Morgan fingerprint density at radius 3 is 1.73 bits per heavy atom. The summed E-state index contributed by atoms with van der Waals surface area (Å²) in [5, 5.41) is 63.4. The van der Waals surface area contributed by atoms with Crippen LogP contribution >= 0.6 is 12.2 Å². The summed E-state index contributed by atoms with van der Waals surface area (Å²) in [6.07, 6.45) is 3.14. The number of ether oxygens (including phenoxy) is 4. The maximum absolute atomic E-state index is 13.6. The second-order valence-corrected chi connectivity index (χ2v) is 20.0. The van der Waals surface area contributed by atoms with Crippen LogP contribution in [-0.4, -0.2) is 202 Å². The lowest BCUT2D eigenvalue weighted by Gasteiger charge is -2.23. The zero-order chi connectivity index (χ0) is 62.1. The number of hydrogen-bond acceptors (Lipinski definition) is 17. The van der Waals surface area contributed by atoms with E-state index < -0.39 is 78.7 Å². The van der Waals surface area contributed by atoms with Crippen molar-refractivity contribution in [2.45, 2.75) is 76.3 Å². The molecular weight excluding hydrogens is 1140 g/mol. The van der Waals surface area contributed by atoms with Gasteiger partial charge in [0.25, 0.3) is 5.91 Å². The number of carboxylic acids is 5. The maximum Gasteiger partial charge on any atom is 0.354 e. The molecule has 28 heteroatoms. The molecule has 2 aromatic heterocycles. The molecule has 0 unspecified atom stereocenters. The molecule has 464 valence electrons. The number of unbranched alkanes of at least 4 members (excludes halogenated alkanes) is 1. The first-order valence-electron chi connectivity index (χ1n) is 27.8. The van der Waals surface area contributed by atoms with Crippen molar-refractivity contribution in [2.75, 3.05) is 90.9 Å². The summed E-state index contributed by atoms with van der Waals surface area (Å²) in [6.45, 7) is 5.87. The molecule has 0 bridgehead atoms. The molecule has 3 heterocycles. The fraction of sp³-hybridized carbons (Fsp3) is 0.431. The van der Waals surface area contributed by atoms with Crippen molar-refractivity contribution >= 4 is 76.8 Å². The number of nitrogens with one attached hydrogen (secondary N) is 6. The van der Waals surface area contributed by atoms with Crippen molar-refractivity contribution in [3.63, 3.8) is 0 Å². The van der Waals surface area contributed by atoms with Gasteiger partial charge in [-0.05, 0) is 91.8 Å². The summed E-state index contributed by atoms with van der Waals surface area (Å²) in [6, 6.07) is 18.8. The summed E-state index contributed by atoms with van der Waals surface area (Å²) < 4.78 is 23.5. The summed E-state index contributed by atoms with van der Waals surface area (Å²) in [5.74, 6) is -7.51. The van der Waals surface area contributed by atoms with E-state index in [1.165, 1.54) is 12.1 Å². The van der Waals surface area contributed by atoms with Gasteiger partial charge in [0.2, 0.25) is 5.91 Å². The number of nitrogens with zero attached hydrogens (tertiary/aromatic N) is 4. The number of thiocarbonyl (C=S) groups is 1. The molecule has 1 aliphatic heterocycles. The van der Waals surface area contributed by atoms with Gasteiger partial charge in [-0.15, -0.1) is 0 Å². The topological polar surface area (TPSA) is 379 Å². The van der Waals surface area contributed by atoms with Crippen molar-refractivity contribution < 1.29 is 82.8 Å². The fourth-order valence-corrected chi connectivity index (χ4v) is 8.60. The Morgan fingerprint density at radius 2 is 1.16 bits per heavy atom. The van der Waals surface area contributed by atoms with Crippen LogP contribution < -0.4 is 31.9 Å². The molecule has 0 saturated carbocycles. The fourth-order valence-electron chi connectivity index (χ4n) is 8.41. The lowest BCUT2D eigenvalue weighted by atomic mass is 10.1.